The smallest absolute Gasteiger partial charge is 0.0932 e. The molecule has 19 heavy (non-hydrogen) atoms. The monoisotopic (exact) mass is 278 g/mol. The molecule has 2 rings (SSSR count). The second-order valence-corrected chi connectivity index (χ2v) is 6.97. The Morgan fingerprint density at radius 1 is 1.16 bits per heavy atom. The highest BCUT2D eigenvalue weighted by Gasteiger charge is 2.38. The maximum Gasteiger partial charge on any atom is 0.0932 e. The first-order valence-electron chi connectivity index (χ1n) is 7.63. The van der Waals surface area contributed by atoms with E-state index in [1.54, 1.807) is 0 Å². The van der Waals surface area contributed by atoms with Gasteiger partial charge in [0.1, 0.15) is 0 Å². The van der Waals surface area contributed by atoms with Crippen molar-refractivity contribution in [3.05, 3.63) is 35.9 Å². The molecule has 0 bridgehead atoms. The van der Waals surface area contributed by atoms with Gasteiger partial charge in [0.2, 0.25) is 0 Å². The molecule has 1 aliphatic rings. The van der Waals surface area contributed by atoms with Crippen LogP contribution in [0.1, 0.15) is 51.0 Å². The van der Waals surface area contributed by atoms with E-state index in [0.717, 1.165) is 23.5 Å². The van der Waals surface area contributed by atoms with Crippen molar-refractivity contribution < 1.29 is 5.11 Å². The fraction of sp³-hybridized carbons (Fsp3) is 0.647. The minimum absolute atomic E-state index is 0.445. The Balaban J connectivity index is 2.16. The number of hydrogen-bond donors (Lipinski definition) is 1. The molecule has 0 spiro atoms. The fourth-order valence-corrected chi connectivity index (χ4v) is 4.01. The van der Waals surface area contributed by atoms with Crippen LogP contribution in [0.5, 0.6) is 0 Å². The Morgan fingerprint density at radius 3 is 2.47 bits per heavy atom. The lowest BCUT2D eigenvalue weighted by atomic mass is 9.72. The summed E-state index contributed by atoms with van der Waals surface area (Å²) in [7, 11) is 0. The van der Waals surface area contributed by atoms with Crippen molar-refractivity contribution in [2.24, 2.45) is 5.92 Å². The molecule has 0 saturated heterocycles. The van der Waals surface area contributed by atoms with Crippen LogP contribution < -0.4 is 0 Å². The van der Waals surface area contributed by atoms with E-state index in [-0.39, 0.29) is 0 Å². The molecule has 1 saturated carbocycles. The predicted octanol–water partition coefficient (Wildman–Crippen LogP) is 4.60. The van der Waals surface area contributed by atoms with Crippen LogP contribution in [-0.2, 0) is 5.60 Å². The minimum Gasteiger partial charge on any atom is -0.385 e. The predicted molar refractivity (Wildman–Crippen MR) is 84.5 cm³/mol. The number of rotatable bonds is 6. The molecule has 0 aliphatic heterocycles. The Morgan fingerprint density at radius 2 is 1.84 bits per heavy atom. The molecule has 1 nitrogen and oxygen atoms in total. The quantitative estimate of drug-likeness (QED) is 0.768. The molecule has 1 aromatic carbocycles. The Kier molecular flexibility index (Phi) is 5.77. The molecule has 0 aromatic heterocycles. The average Bonchev–Trinajstić information content (AvgIpc) is 2.49. The zero-order valence-electron chi connectivity index (χ0n) is 12.0. The normalized spacial score (nSPS) is 20.1. The summed E-state index contributed by atoms with van der Waals surface area (Å²) >= 11 is 1.93. The van der Waals surface area contributed by atoms with E-state index >= 15 is 0 Å². The van der Waals surface area contributed by atoms with Crippen LogP contribution in [0.15, 0.2) is 30.3 Å². The lowest BCUT2D eigenvalue weighted by Crippen LogP contribution is -2.37. The molecule has 1 fully saturated rings. The van der Waals surface area contributed by atoms with Crippen LogP contribution in [-0.4, -0.2) is 16.6 Å². The lowest BCUT2D eigenvalue weighted by Gasteiger charge is -2.39. The van der Waals surface area contributed by atoms with Crippen LogP contribution in [0.4, 0.5) is 0 Å². The highest BCUT2D eigenvalue weighted by molar-refractivity contribution is 7.99. The Bertz CT molecular complexity index is 359. The highest BCUT2D eigenvalue weighted by Crippen LogP contribution is 2.42. The molecule has 1 N–H and O–H groups in total. The van der Waals surface area contributed by atoms with Gasteiger partial charge in [-0.05, 0) is 42.2 Å². The van der Waals surface area contributed by atoms with Crippen molar-refractivity contribution in [1.29, 1.82) is 0 Å². The van der Waals surface area contributed by atoms with Crippen molar-refractivity contribution in [2.75, 3.05) is 11.5 Å². The van der Waals surface area contributed by atoms with E-state index in [9.17, 15) is 5.11 Å². The first-order valence-corrected chi connectivity index (χ1v) is 8.78. The van der Waals surface area contributed by atoms with Crippen LogP contribution >= 0.6 is 11.8 Å². The number of benzene rings is 1. The van der Waals surface area contributed by atoms with Gasteiger partial charge in [0.05, 0.1) is 5.60 Å². The van der Waals surface area contributed by atoms with Crippen molar-refractivity contribution in [3.8, 4) is 0 Å². The van der Waals surface area contributed by atoms with E-state index in [4.69, 9.17) is 0 Å². The SMILES string of the molecule is CCSCCC(O)(c1ccccc1)C1CCCCC1. The molecular formula is C17H26OS. The van der Waals surface area contributed by atoms with Crippen molar-refractivity contribution >= 4 is 11.8 Å². The first kappa shape index (κ1) is 14.9. The van der Waals surface area contributed by atoms with E-state index in [1.165, 1.54) is 32.1 Å². The molecule has 0 heterocycles. The average molecular weight is 278 g/mol. The van der Waals surface area contributed by atoms with Gasteiger partial charge in [0.25, 0.3) is 0 Å². The van der Waals surface area contributed by atoms with Gasteiger partial charge < -0.3 is 5.11 Å². The van der Waals surface area contributed by atoms with Crippen molar-refractivity contribution in [2.45, 2.75) is 51.0 Å². The number of aliphatic hydroxyl groups is 1. The van der Waals surface area contributed by atoms with Gasteiger partial charge in [0, 0.05) is 0 Å². The van der Waals surface area contributed by atoms with E-state index in [2.05, 4.69) is 31.2 Å². The van der Waals surface area contributed by atoms with Crippen LogP contribution in [0.25, 0.3) is 0 Å². The molecule has 106 valence electrons. The van der Waals surface area contributed by atoms with Crippen LogP contribution in [0.2, 0.25) is 0 Å². The van der Waals surface area contributed by atoms with Crippen LogP contribution in [0, 0.1) is 5.92 Å². The number of thioether (sulfide) groups is 1. The van der Waals surface area contributed by atoms with E-state index < -0.39 is 5.60 Å². The summed E-state index contributed by atoms with van der Waals surface area (Å²) in [4.78, 5) is 0. The first-order chi connectivity index (χ1) is 9.27. The Hall–Kier alpha value is -0.470. The second-order valence-electron chi connectivity index (χ2n) is 5.57. The van der Waals surface area contributed by atoms with Crippen LogP contribution in [0.3, 0.4) is 0 Å². The van der Waals surface area contributed by atoms with Gasteiger partial charge in [-0.3, -0.25) is 0 Å². The van der Waals surface area contributed by atoms with Gasteiger partial charge in [0.15, 0.2) is 0 Å². The zero-order chi connectivity index (χ0) is 13.6. The summed E-state index contributed by atoms with van der Waals surface area (Å²) in [6.07, 6.45) is 7.15. The third kappa shape index (κ3) is 3.76. The van der Waals surface area contributed by atoms with Crippen molar-refractivity contribution in [3.63, 3.8) is 0 Å². The lowest BCUT2D eigenvalue weighted by molar-refractivity contribution is -0.0411. The highest BCUT2D eigenvalue weighted by atomic mass is 32.2. The molecule has 1 atom stereocenters. The standard InChI is InChI=1S/C17H26OS/c1-2-19-14-13-17(18,15-9-5-3-6-10-15)16-11-7-4-8-12-16/h3,5-6,9-10,16,18H,2,4,7-8,11-14H2,1H3. The van der Waals surface area contributed by atoms with Gasteiger partial charge in [-0.1, -0.05) is 56.5 Å². The molecule has 2 heteroatoms. The Labute approximate surface area is 121 Å². The molecule has 1 aromatic rings. The summed E-state index contributed by atoms with van der Waals surface area (Å²) in [6, 6.07) is 10.3. The maximum atomic E-state index is 11.3. The second kappa shape index (κ2) is 7.35. The number of hydrogen-bond acceptors (Lipinski definition) is 2. The van der Waals surface area contributed by atoms with E-state index in [1.807, 2.05) is 17.8 Å². The maximum absolute atomic E-state index is 11.3. The third-order valence-electron chi connectivity index (χ3n) is 4.39. The van der Waals surface area contributed by atoms with Gasteiger partial charge in [-0.2, -0.15) is 11.8 Å². The summed E-state index contributed by atoms with van der Waals surface area (Å²) < 4.78 is 0. The molecule has 1 aliphatic carbocycles. The minimum atomic E-state index is -0.607. The summed E-state index contributed by atoms with van der Waals surface area (Å²) in [6.45, 7) is 2.19. The summed E-state index contributed by atoms with van der Waals surface area (Å²) in [5.74, 6) is 2.63. The van der Waals surface area contributed by atoms with Crippen molar-refractivity contribution in [1.82, 2.24) is 0 Å². The topological polar surface area (TPSA) is 20.2 Å². The van der Waals surface area contributed by atoms with Gasteiger partial charge in [-0.25, -0.2) is 0 Å². The molecule has 0 radical (unpaired) electrons. The van der Waals surface area contributed by atoms with Gasteiger partial charge in [-0.15, -0.1) is 0 Å². The van der Waals surface area contributed by atoms with Gasteiger partial charge >= 0.3 is 0 Å². The van der Waals surface area contributed by atoms with E-state index in [0.29, 0.717) is 5.92 Å². The molecular weight excluding hydrogens is 252 g/mol. The summed E-state index contributed by atoms with van der Waals surface area (Å²) in [5.41, 5.74) is 0.516. The zero-order valence-corrected chi connectivity index (χ0v) is 12.8. The summed E-state index contributed by atoms with van der Waals surface area (Å²) in [5, 5.41) is 11.3. The molecule has 0 amide bonds. The largest absolute Gasteiger partial charge is 0.385 e. The molecule has 1 unspecified atom stereocenters. The fourth-order valence-electron chi connectivity index (χ4n) is 3.26. The third-order valence-corrected chi connectivity index (χ3v) is 5.29.